The molecule has 82 valence electrons. The Hall–Kier alpha value is -0.610. The Morgan fingerprint density at radius 3 is 2.50 bits per heavy atom. The van der Waals surface area contributed by atoms with E-state index in [0.717, 1.165) is 12.8 Å². The Balaban J connectivity index is 2.31. The van der Waals surface area contributed by atoms with Crippen molar-refractivity contribution >= 4 is 5.97 Å². The van der Waals surface area contributed by atoms with Crippen LogP contribution in [0.25, 0.3) is 0 Å². The molecule has 0 heterocycles. The highest BCUT2D eigenvalue weighted by Crippen LogP contribution is 2.27. The first-order valence-electron chi connectivity index (χ1n) is 5.25. The molecule has 0 amide bonds. The molecule has 1 aliphatic rings. The Bertz CT molecular complexity index is 190. The summed E-state index contributed by atoms with van der Waals surface area (Å²) in [7, 11) is 0. The van der Waals surface area contributed by atoms with E-state index in [1.165, 1.54) is 19.3 Å². The van der Waals surface area contributed by atoms with Crippen molar-refractivity contribution in [3.63, 3.8) is 0 Å². The van der Waals surface area contributed by atoms with Gasteiger partial charge >= 0.3 is 0 Å². The molecule has 2 unspecified atom stereocenters. The fourth-order valence-electron chi connectivity index (χ4n) is 2.11. The molecular formula is C10H18NO3-. The normalized spacial score (nSPS) is 23.0. The van der Waals surface area contributed by atoms with Crippen molar-refractivity contribution in [1.29, 1.82) is 0 Å². The van der Waals surface area contributed by atoms with E-state index >= 15 is 0 Å². The number of aliphatic hydroxyl groups excluding tert-OH is 1. The van der Waals surface area contributed by atoms with E-state index in [4.69, 9.17) is 10.8 Å². The van der Waals surface area contributed by atoms with Crippen LogP contribution in [0.15, 0.2) is 0 Å². The molecule has 0 aromatic carbocycles. The van der Waals surface area contributed by atoms with Crippen LogP contribution in [-0.2, 0) is 4.79 Å². The summed E-state index contributed by atoms with van der Waals surface area (Å²) in [5.74, 6) is -0.985. The second kappa shape index (κ2) is 5.32. The van der Waals surface area contributed by atoms with Crippen LogP contribution in [0, 0.1) is 5.92 Å². The molecule has 1 fully saturated rings. The van der Waals surface area contributed by atoms with Crippen LogP contribution >= 0.6 is 0 Å². The van der Waals surface area contributed by atoms with Crippen LogP contribution < -0.4 is 10.8 Å². The van der Waals surface area contributed by atoms with E-state index in [9.17, 15) is 9.90 Å². The monoisotopic (exact) mass is 200 g/mol. The Morgan fingerprint density at radius 1 is 1.43 bits per heavy atom. The Kier molecular flexibility index (Phi) is 4.35. The third kappa shape index (κ3) is 3.27. The molecule has 1 rings (SSSR count). The molecule has 1 aliphatic carbocycles. The molecule has 1 saturated carbocycles. The molecule has 0 radical (unpaired) electrons. The average Bonchev–Trinajstić information content (AvgIpc) is 2.18. The number of hydrogen-bond acceptors (Lipinski definition) is 4. The first-order chi connectivity index (χ1) is 6.61. The third-order valence-corrected chi connectivity index (χ3v) is 2.98. The molecule has 0 aliphatic heterocycles. The second-order valence-electron chi connectivity index (χ2n) is 4.17. The van der Waals surface area contributed by atoms with Crippen molar-refractivity contribution in [3.8, 4) is 0 Å². The highest BCUT2D eigenvalue weighted by atomic mass is 16.4. The Labute approximate surface area is 84.1 Å². The van der Waals surface area contributed by atoms with Gasteiger partial charge in [-0.2, -0.15) is 0 Å². The summed E-state index contributed by atoms with van der Waals surface area (Å²) in [5, 5.41) is 19.5. The second-order valence-corrected chi connectivity index (χ2v) is 4.17. The molecule has 3 N–H and O–H groups in total. The summed E-state index contributed by atoms with van der Waals surface area (Å²) in [6, 6.07) is -0.678. The van der Waals surface area contributed by atoms with Crippen molar-refractivity contribution in [3.05, 3.63) is 0 Å². The number of carboxylic acid groups (broad SMARTS) is 1. The van der Waals surface area contributed by atoms with E-state index in [1.54, 1.807) is 0 Å². The largest absolute Gasteiger partial charge is 0.547 e. The maximum Gasteiger partial charge on any atom is 0.108 e. The van der Waals surface area contributed by atoms with Crippen molar-refractivity contribution < 1.29 is 15.0 Å². The molecule has 0 bridgehead atoms. The minimum Gasteiger partial charge on any atom is -0.547 e. The lowest BCUT2D eigenvalue weighted by molar-refractivity contribution is -0.315. The lowest BCUT2D eigenvalue weighted by Gasteiger charge is -2.27. The van der Waals surface area contributed by atoms with Gasteiger partial charge in [0.1, 0.15) is 6.10 Å². The molecule has 14 heavy (non-hydrogen) atoms. The predicted molar refractivity (Wildman–Crippen MR) is 50.2 cm³/mol. The molecule has 0 aromatic heterocycles. The van der Waals surface area contributed by atoms with Crippen molar-refractivity contribution in [2.24, 2.45) is 11.7 Å². The van der Waals surface area contributed by atoms with E-state index in [2.05, 4.69) is 0 Å². The smallest absolute Gasteiger partial charge is 0.108 e. The van der Waals surface area contributed by atoms with Crippen molar-refractivity contribution in [2.45, 2.75) is 50.7 Å². The lowest BCUT2D eigenvalue weighted by Crippen LogP contribution is -2.48. The summed E-state index contributed by atoms with van der Waals surface area (Å²) in [6.07, 6.45) is 4.93. The molecule has 4 nitrogen and oxygen atoms in total. The number of hydrogen-bond donors (Lipinski definition) is 2. The number of aliphatic carboxylic acids is 1. The minimum absolute atomic E-state index is 0.479. The van der Waals surface area contributed by atoms with Crippen LogP contribution in [0.5, 0.6) is 0 Å². The topological polar surface area (TPSA) is 86.4 Å². The van der Waals surface area contributed by atoms with Gasteiger partial charge in [0, 0.05) is 6.04 Å². The van der Waals surface area contributed by atoms with Gasteiger partial charge in [-0.25, -0.2) is 0 Å². The fraction of sp³-hybridized carbons (Fsp3) is 0.900. The van der Waals surface area contributed by atoms with Crippen LogP contribution in [0.3, 0.4) is 0 Å². The number of nitrogens with two attached hydrogens (primary N) is 1. The minimum atomic E-state index is -1.52. The highest BCUT2D eigenvalue weighted by Gasteiger charge is 2.21. The first kappa shape index (κ1) is 11.5. The summed E-state index contributed by atoms with van der Waals surface area (Å²) in [5.41, 5.74) is 5.58. The lowest BCUT2D eigenvalue weighted by atomic mass is 9.84. The molecule has 4 heteroatoms. The molecule has 2 atom stereocenters. The highest BCUT2D eigenvalue weighted by molar-refractivity contribution is 5.70. The van der Waals surface area contributed by atoms with E-state index < -0.39 is 18.1 Å². The van der Waals surface area contributed by atoms with Gasteiger partial charge in [0.2, 0.25) is 0 Å². The van der Waals surface area contributed by atoms with Gasteiger partial charge in [-0.3, -0.25) is 0 Å². The molecule has 0 saturated heterocycles. The van der Waals surface area contributed by atoms with E-state index in [1.807, 2.05) is 0 Å². The Morgan fingerprint density at radius 2 is 2.00 bits per heavy atom. The zero-order valence-corrected chi connectivity index (χ0v) is 8.32. The van der Waals surface area contributed by atoms with Gasteiger partial charge < -0.3 is 20.7 Å². The average molecular weight is 200 g/mol. The number of carbonyl (C=O) groups excluding carboxylic acids is 1. The summed E-state index contributed by atoms with van der Waals surface area (Å²) in [6.45, 7) is 0. The fourth-order valence-corrected chi connectivity index (χ4v) is 2.11. The van der Waals surface area contributed by atoms with Gasteiger partial charge in [-0.15, -0.1) is 0 Å². The number of carbonyl (C=O) groups is 1. The van der Waals surface area contributed by atoms with Crippen LogP contribution in [-0.4, -0.2) is 23.2 Å². The quantitative estimate of drug-likeness (QED) is 0.634. The third-order valence-electron chi connectivity index (χ3n) is 2.98. The van der Waals surface area contributed by atoms with Gasteiger partial charge in [-0.1, -0.05) is 32.1 Å². The molecule has 0 spiro atoms. The molecule has 0 aromatic rings. The first-order valence-corrected chi connectivity index (χ1v) is 5.25. The molecular weight excluding hydrogens is 182 g/mol. The van der Waals surface area contributed by atoms with Crippen LogP contribution in [0.4, 0.5) is 0 Å². The van der Waals surface area contributed by atoms with Gasteiger partial charge in [0.25, 0.3) is 0 Å². The zero-order chi connectivity index (χ0) is 10.6. The van der Waals surface area contributed by atoms with Crippen molar-refractivity contribution in [1.82, 2.24) is 0 Å². The van der Waals surface area contributed by atoms with Gasteiger partial charge in [0.05, 0.1) is 5.97 Å². The standard InChI is InChI=1S/C10H19NO3/c11-8(9(12)10(13)14)6-7-4-2-1-3-5-7/h7-9,12H,1-6,11H2,(H,13,14)/p-1. The number of carboxylic acids is 1. The number of aliphatic hydroxyl groups is 1. The number of rotatable bonds is 4. The summed E-state index contributed by atoms with van der Waals surface area (Å²) in [4.78, 5) is 10.3. The SMILES string of the molecule is NC(CC1CCCCC1)C(O)C(=O)[O-]. The maximum atomic E-state index is 10.3. The van der Waals surface area contributed by atoms with E-state index in [0.29, 0.717) is 12.3 Å². The summed E-state index contributed by atoms with van der Waals surface area (Å²) >= 11 is 0. The van der Waals surface area contributed by atoms with Gasteiger partial charge in [0.15, 0.2) is 0 Å². The summed E-state index contributed by atoms with van der Waals surface area (Å²) < 4.78 is 0. The predicted octanol–water partition coefficient (Wildman–Crippen LogP) is -0.605. The van der Waals surface area contributed by atoms with E-state index in [-0.39, 0.29) is 0 Å². The van der Waals surface area contributed by atoms with Crippen LogP contribution in [0.1, 0.15) is 38.5 Å². The van der Waals surface area contributed by atoms with Crippen molar-refractivity contribution in [2.75, 3.05) is 0 Å². The van der Waals surface area contributed by atoms with Gasteiger partial charge in [-0.05, 0) is 12.3 Å². The van der Waals surface area contributed by atoms with Crippen LogP contribution in [0.2, 0.25) is 0 Å². The zero-order valence-electron chi connectivity index (χ0n) is 8.32. The maximum absolute atomic E-state index is 10.3.